The molecule has 0 spiro atoms. The van der Waals surface area contributed by atoms with Gasteiger partial charge in [-0.3, -0.25) is 0 Å². The van der Waals surface area contributed by atoms with Gasteiger partial charge >= 0.3 is 0 Å². The van der Waals surface area contributed by atoms with E-state index in [1.54, 1.807) is 11.3 Å². The molecule has 1 aromatic heterocycles. The Morgan fingerprint density at radius 1 is 1.69 bits per heavy atom. The van der Waals surface area contributed by atoms with E-state index in [9.17, 15) is 0 Å². The van der Waals surface area contributed by atoms with Crippen LogP contribution in [0.5, 0.6) is 0 Å². The van der Waals surface area contributed by atoms with Crippen molar-refractivity contribution in [3.05, 3.63) is 22.4 Å². The maximum atomic E-state index is 3.60. The summed E-state index contributed by atoms with van der Waals surface area (Å²) in [4.78, 5) is 0. The Bertz CT molecular complexity index is 241. The van der Waals surface area contributed by atoms with Crippen molar-refractivity contribution in [2.75, 3.05) is 13.1 Å². The van der Waals surface area contributed by atoms with Gasteiger partial charge in [0, 0.05) is 25.2 Å². The van der Waals surface area contributed by atoms with Crippen molar-refractivity contribution >= 4 is 11.3 Å². The van der Waals surface area contributed by atoms with Gasteiger partial charge in [-0.25, -0.2) is 0 Å². The number of thiophene rings is 1. The fourth-order valence-corrected chi connectivity index (χ4v) is 2.31. The molecule has 3 heteroatoms. The smallest absolute Gasteiger partial charge is 0.0319 e. The van der Waals surface area contributed by atoms with E-state index in [0.29, 0.717) is 12.1 Å². The molecule has 1 saturated heterocycles. The lowest BCUT2D eigenvalue weighted by Crippen LogP contribution is -2.57. The molecule has 0 saturated carbocycles. The van der Waals surface area contributed by atoms with Crippen LogP contribution in [0.1, 0.15) is 12.5 Å². The van der Waals surface area contributed by atoms with Gasteiger partial charge in [-0.1, -0.05) is 0 Å². The Balaban J connectivity index is 1.74. The first kappa shape index (κ1) is 9.19. The molecule has 0 amide bonds. The molecule has 72 valence electrons. The third-order valence-electron chi connectivity index (χ3n) is 2.42. The first-order valence-corrected chi connectivity index (χ1v) is 5.77. The van der Waals surface area contributed by atoms with Gasteiger partial charge in [0.2, 0.25) is 0 Å². The highest BCUT2D eigenvalue weighted by Crippen LogP contribution is 2.09. The van der Waals surface area contributed by atoms with E-state index in [2.05, 4.69) is 34.4 Å². The third kappa shape index (κ3) is 2.53. The van der Waals surface area contributed by atoms with Crippen molar-refractivity contribution < 1.29 is 0 Å². The minimum atomic E-state index is 0.599. The molecule has 2 rings (SSSR count). The second kappa shape index (κ2) is 4.22. The van der Waals surface area contributed by atoms with Crippen molar-refractivity contribution in [2.24, 2.45) is 0 Å². The minimum absolute atomic E-state index is 0.599. The number of rotatable bonds is 4. The van der Waals surface area contributed by atoms with Crippen LogP contribution in [0.4, 0.5) is 0 Å². The molecule has 0 aromatic carbocycles. The molecule has 1 aliphatic rings. The number of hydrogen-bond donors (Lipinski definition) is 2. The molecule has 0 radical (unpaired) electrons. The van der Waals surface area contributed by atoms with E-state index in [4.69, 9.17) is 0 Å². The predicted molar refractivity (Wildman–Crippen MR) is 57.3 cm³/mol. The summed E-state index contributed by atoms with van der Waals surface area (Å²) in [5.74, 6) is 0. The highest BCUT2D eigenvalue weighted by Gasteiger charge is 2.18. The summed E-state index contributed by atoms with van der Waals surface area (Å²) < 4.78 is 0. The number of hydrogen-bond acceptors (Lipinski definition) is 3. The van der Waals surface area contributed by atoms with Crippen LogP contribution >= 0.6 is 11.3 Å². The molecule has 2 heterocycles. The first-order valence-electron chi connectivity index (χ1n) is 4.82. The largest absolute Gasteiger partial charge is 0.314 e. The fraction of sp³-hybridized carbons (Fsp3) is 0.600. The molecule has 1 fully saturated rings. The van der Waals surface area contributed by atoms with Gasteiger partial charge in [0.1, 0.15) is 0 Å². The Labute approximate surface area is 83.4 Å². The normalized spacial score (nSPS) is 19.8. The van der Waals surface area contributed by atoms with Crippen LogP contribution in [-0.2, 0) is 6.42 Å². The highest BCUT2D eigenvalue weighted by atomic mass is 32.1. The maximum Gasteiger partial charge on any atom is 0.0319 e. The van der Waals surface area contributed by atoms with Crippen molar-refractivity contribution in [1.29, 1.82) is 0 Å². The second-order valence-corrected chi connectivity index (χ2v) is 4.54. The summed E-state index contributed by atoms with van der Waals surface area (Å²) in [6.45, 7) is 4.53. The Kier molecular flexibility index (Phi) is 2.98. The molecule has 0 aliphatic carbocycles. The average Bonchev–Trinajstić information content (AvgIpc) is 2.49. The zero-order valence-corrected chi connectivity index (χ0v) is 8.73. The van der Waals surface area contributed by atoms with Gasteiger partial charge < -0.3 is 10.6 Å². The molecule has 1 atom stereocenters. The lowest BCUT2D eigenvalue weighted by molar-refractivity contribution is 0.334. The van der Waals surface area contributed by atoms with Gasteiger partial charge in [-0.15, -0.1) is 0 Å². The average molecular weight is 196 g/mol. The topological polar surface area (TPSA) is 24.1 Å². The van der Waals surface area contributed by atoms with E-state index in [-0.39, 0.29) is 0 Å². The molecular formula is C10H16N2S. The maximum absolute atomic E-state index is 3.60. The minimum Gasteiger partial charge on any atom is -0.314 e. The Morgan fingerprint density at radius 2 is 2.54 bits per heavy atom. The van der Waals surface area contributed by atoms with Crippen LogP contribution in [0.15, 0.2) is 16.8 Å². The van der Waals surface area contributed by atoms with Gasteiger partial charge in [-0.2, -0.15) is 11.3 Å². The van der Waals surface area contributed by atoms with Crippen LogP contribution in [-0.4, -0.2) is 25.2 Å². The zero-order chi connectivity index (χ0) is 9.10. The van der Waals surface area contributed by atoms with Gasteiger partial charge in [-0.05, 0) is 35.7 Å². The summed E-state index contributed by atoms with van der Waals surface area (Å²) >= 11 is 1.78. The van der Waals surface area contributed by atoms with Crippen LogP contribution in [0.3, 0.4) is 0 Å². The summed E-state index contributed by atoms with van der Waals surface area (Å²) in [6.07, 6.45) is 1.15. The highest BCUT2D eigenvalue weighted by molar-refractivity contribution is 7.07. The summed E-state index contributed by atoms with van der Waals surface area (Å²) in [5.41, 5.74) is 1.46. The zero-order valence-electron chi connectivity index (χ0n) is 7.92. The van der Waals surface area contributed by atoms with Gasteiger partial charge in [0.25, 0.3) is 0 Å². The van der Waals surface area contributed by atoms with E-state index in [1.165, 1.54) is 5.56 Å². The van der Waals surface area contributed by atoms with Gasteiger partial charge in [0.15, 0.2) is 0 Å². The van der Waals surface area contributed by atoms with Crippen molar-refractivity contribution in [3.63, 3.8) is 0 Å². The summed E-state index contributed by atoms with van der Waals surface area (Å²) in [7, 11) is 0. The number of nitrogens with one attached hydrogen (secondary N) is 2. The third-order valence-corrected chi connectivity index (χ3v) is 3.16. The Hall–Kier alpha value is -0.380. The SMILES string of the molecule is CC(Cc1ccsc1)NC1CNC1. The summed E-state index contributed by atoms with van der Waals surface area (Å²) in [6, 6.07) is 3.51. The van der Waals surface area contributed by atoms with E-state index in [1.807, 2.05) is 0 Å². The van der Waals surface area contributed by atoms with E-state index >= 15 is 0 Å². The molecule has 1 unspecified atom stereocenters. The molecule has 1 aromatic rings. The second-order valence-electron chi connectivity index (χ2n) is 3.76. The Morgan fingerprint density at radius 3 is 3.08 bits per heavy atom. The molecule has 13 heavy (non-hydrogen) atoms. The van der Waals surface area contributed by atoms with Crippen LogP contribution in [0.2, 0.25) is 0 Å². The van der Waals surface area contributed by atoms with Gasteiger partial charge in [0.05, 0.1) is 0 Å². The lowest BCUT2D eigenvalue weighted by Gasteiger charge is -2.31. The van der Waals surface area contributed by atoms with Crippen LogP contribution < -0.4 is 10.6 Å². The lowest BCUT2D eigenvalue weighted by atomic mass is 10.1. The predicted octanol–water partition coefficient (Wildman–Crippen LogP) is 1.24. The molecule has 2 nitrogen and oxygen atoms in total. The van der Waals surface area contributed by atoms with E-state index < -0.39 is 0 Å². The van der Waals surface area contributed by atoms with Crippen LogP contribution in [0.25, 0.3) is 0 Å². The van der Waals surface area contributed by atoms with Crippen LogP contribution in [0, 0.1) is 0 Å². The van der Waals surface area contributed by atoms with Crippen molar-refractivity contribution in [1.82, 2.24) is 10.6 Å². The summed E-state index contributed by atoms with van der Waals surface area (Å²) in [5, 5.41) is 11.2. The molecular weight excluding hydrogens is 180 g/mol. The molecule has 2 N–H and O–H groups in total. The first-order chi connectivity index (χ1) is 6.34. The standard InChI is InChI=1S/C10H16N2S/c1-8(12-10-5-11-6-10)4-9-2-3-13-7-9/h2-3,7-8,10-12H,4-6H2,1H3. The molecule has 1 aliphatic heterocycles. The monoisotopic (exact) mass is 196 g/mol. The fourth-order valence-electron chi connectivity index (χ4n) is 1.63. The quantitative estimate of drug-likeness (QED) is 0.757. The molecule has 0 bridgehead atoms. The van der Waals surface area contributed by atoms with Crippen molar-refractivity contribution in [2.45, 2.75) is 25.4 Å². The van der Waals surface area contributed by atoms with E-state index in [0.717, 1.165) is 19.5 Å². The van der Waals surface area contributed by atoms with Crippen molar-refractivity contribution in [3.8, 4) is 0 Å².